The van der Waals surface area contributed by atoms with Crippen LogP contribution in [-0.2, 0) is 16.1 Å². The maximum Gasteiger partial charge on any atom is 0.321 e. The van der Waals surface area contributed by atoms with Crippen molar-refractivity contribution >= 4 is 42.1 Å². The number of nitrogens with one attached hydrogen (secondary N) is 2. The number of nitrogens with zero attached hydrogens (tertiary/aromatic N) is 1. The monoisotopic (exact) mass is 711 g/mol. The minimum absolute atomic E-state index is 0.149. The topological polar surface area (TPSA) is 124 Å². The van der Waals surface area contributed by atoms with E-state index in [-0.39, 0.29) is 24.0 Å². The number of aliphatic hydroxyl groups is 2. The standard InChI is InChI=1S/C38H51N3O5S.H2OS/c1-5-7-18-38(6-2)25-47-33-17-16-29(41(3)4)20-32(33)35(36(38)43)27-14-11-15-28(19-27)39-37(44)40-34-22-30(21-31(23-42)46-34)45-24-26-12-9-8-10-13-26;1-2/h8-17,19-20,30-31,34-36,42-43H,5-7,18,21-25H2,1-4H3,(H2,39,40,44);1-2H/t30?,31?,34-,35-,36?,38-;/m1./s1. The van der Waals surface area contributed by atoms with Crippen LogP contribution in [0.25, 0.3) is 0 Å². The van der Waals surface area contributed by atoms with E-state index in [1.807, 2.05) is 74.4 Å². The molecular formula is C38H53N3O6S2. The number of hydrogen-bond donors (Lipinski definition) is 6. The molecule has 11 heteroatoms. The highest BCUT2D eigenvalue weighted by molar-refractivity contribution is 7.99. The fourth-order valence-corrected chi connectivity index (χ4v) is 8.33. The van der Waals surface area contributed by atoms with Crippen molar-refractivity contribution in [1.29, 1.82) is 0 Å². The van der Waals surface area contributed by atoms with E-state index in [4.69, 9.17) is 14.0 Å². The molecule has 6 atom stereocenters. The summed E-state index contributed by atoms with van der Waals surface area (Å²) in [4.78, 5) is 16.6. The molecule has 0 aliphatic carbocycles. The predicted octanol–water partition coefficient (Wildman–Crippen LogP) is 7.53. The third-order valence-electron chi connectivity index (χ3n) is 9.72. The highest BCUT2D eigenvalue weighted by Crippen LogP contribution is 2.51. The molecule has 49 heavy (non-hydrogen) atoms. The van der Waals surface area contributed by atoms with Gasteiger partial charge >= 0.3 is 6.03 Å². The number of thioether (sulfide) groups is 1. The quantitative estimate of drug-likeness (QED) is 0.0842. The number of urea groups is 1. The normalized spacial score (nSPS) is 24.9. The first-order valence-corrected chi connectivity index (χ1v) is 18.5. The van der Waals surface area contributed by atoms with Gasteiger partial charge < -0.3 is 39.8 Å². The van der Waals surface area contributed by atoms with Gasteiger partial charge in [-0.15, -0.1) is 11.8 Å². The van der Waals surface area contributed by atoms with Gasteiger partial charge in [0.15, 0.2) is 0 Å². The summed E-state index contributed by atoms with van der Waals surface area (Å²) in [5.74, 6) is 0.610. The van der Waals surface area contributed by atoms with E-state index in [1.165, 1.54) is 4.90 Å². The first kappa shape index (κ1) is 39.0. The van der Waals surface area contributed by atoms with Crippen LogP contribution in [0.5, 0.6) is 0 Å². The highest BCUT2D eigenvalue weighted by atomic mass is 32.2. The Kier molecular flexibility index (Phi) is 15.1. The Balaban J connectivity index is 0.00000265. The van der Waals surface area contributed by atoms with Crippen LogP contribution in [0, 0.1) is 5.41 Å². The van der Waals surface area contributed by atoms with Gasteiger partial charge in [0, 0.05) is 60.3 Å². The molecule has 268 valence electrons. The Morgan fingerprint density at radius 1 is 1.06 bits per heavy atom. The van der Waals surface area contributed by atoms with Crippen LogP contribution in [-0.4, -0.2) is 71.8 Å². The van der Waals surface area contributed by atoms with Crippen LogP contribution in [0.4, 0.5) is 16.2 Å². The fourth-order valence-electron chi connectivity index (χ4n) is 6.85. The zero-order valence-corrected chi connectivity index (χ0v) is 30.8. The molecule has 0 aromatic heterocycles. The molecule has 0 saturated carbocycles. The van der Waals surface area contributed by atoms with E-state index in [2.05, 4.69) is 66.6 Å². The molecule has 1 saturated heterocycles. The van der Waals surface area contributed by atoms with E-state index in [9.17, 15) is 15.0 Å². The van der Waals surface area contributed by atoms with Crippen LogP contribution in [0.1, 0.15) is 75.0 Å². The Hall–Kier alpha value is -2.77. The van der Waals surface area contributed by atoms with Gasteiger partial charge in [-0.3, -0.25) is 0 Å². The number of aliphatic hydroxyl groups excluding tert-OH is 2. The Bertz CT molecular complexity index is 1460. The molecule has 3 aromatic rings. The van der Waals surface area contributed by atoms with Gasteiger partial charge in [0.2, 0.25) is 0 Å². The summed E-state index contributed by atoms with van der Waals surface area (Å²) in [5, 5.41) is 28.1. The van der Waals surface area contributed by atoms with Crippen molar-refractivity contribution in [2.75, 3.05) is 36.7 Å². The Morgan fingerprint density at radius 2 is 1.84 bits per heavy atom. The van der Waals surface area contributed by atoms with Crippen molar-refractivity contribution in [2.45, 2.75) is 94.3 Å². The maximum atomic E-state index is 13.3. The number of carbonyl (C=O) groups excluding carboxylic acids is 1. The SMILES string of the molecule is CCCC[C@]1(CC)CSc2ccc(N(C)C)cc2[C@@H](c2cccc(NC(=O)N[C@H]3CC(OCc4ccccc4)CC(CO)O3)c2)C1O.OS. The summed E-state index contributed by atoms with van der Waals surface area (Å²) in [6.07, 6.45) is 3.25. The van der Waals surface area contributed by atoms with Gasteiger partial charge in [0.25, 0.3) is 0 Å². The molecule has 2 aliphatic rings. The van der Waals surface area contributed by atoms with E-state index in [0.717, 1.165) is 53.8 Å². The molecule has 2 aliphatic heterocycles. The van der Waals surface area contributed by atoms with Crippen molar-refractivity contribution < 1.29 is 29.0 Å². The van der Waals surface area contributed by atoms with E-state index >= 15 is 0 Å². The first-order valence-electron chi connectivity index (χ1n) is 17.2. The van der Waals surface area contributed by atoms with Crippen molar-refractivity contribution in [2.24, 2.45) is 5.41 Å². The summed E-state index contributed by atoms with van der Waals surface area (Å²) in [6, 6.07) is 24.0. The zero-order valence-electron chi connectivity index (χ0n) is 29.0. The number of carbonyl (C=O) groups is 1. The number of thiol groups is 1. The molecule has 3 aromatic carbocycles. The molecule has 0 radical (unpaired) electrons. The highest BCUT2D eigenvalue weighted by Gasteiger charge is 2.44. The zero-order chi connectivity index (χ0) is 35.4. The molecule has 2 heterocycles. The van der Waals surface area contributed by atoms with Crippen molar-refractivity contribution in [1.82, 2.24) is 5.32 Å². The predicted molar refractivity (Wildman–Crippen MR) is 202 cm³/mol. The maximum absolute atomic E-state index is 13.3. The second-order valence-corrected chi connectivity index (χ2v) is 14.2. The Labute approximate surface area is 301 Å². The van der Waals surface area contributed by atoms with Crippen LogP contribution >= 0.6 is 24.7 Å². The van der Waals surface area contributed by atoms with Crippen LogP contribution in [0.3, 0.4) is 0 Å². The molecular weight excluding hydrogens is 659 g/mol. The summed E-state index contributed by atoms with van der Waals surface area (Å²) in [5.41, 5.74) is 4.65. The van der Waals surface area contributed by atoms with Crippen molar-refractivity contribution in [3.8, 4) is 0 Å². The van der Waals surface area contributed by atoms with Gasteiger partial charge in [-0.05, 0) is 72.8 Å². The summed E-state index contributed by atoms with van der Waals surface area (Å²) >= 11 is 4.38. The third kappa shape index (κ3) is 10.2. The molecule has 1 fully saturated rings. The number of anilines is 2. The van der Waals surface area contributed by atoms with Gasteiger partial charge in [0.1, 0.15) is 6.23 Å². The lowest BCUT2D eigenvalue weighted by Crippen LogP contribution is -2.48. The second-order valence-electron chi connectivity index (χ2n) is 13.2. The van der Waals surface area contributed by atoms with Gasteiger partial charge in [0.05, 0.1) is 31.5 Å². The second kappa shape index (κ2) is 19.0. The number of hydrogen-bond acceptors (Lipinski definition) is 9. The lowest BCUT2D eigenvalue weighted by atomic mass is 9.69. The fraction of sp³-hybridized carbons (Fsp3) is 0.500. The molecule has 2 amide bonds. The molecule has 5 rings (SSSR count). The average Bonchev–Trinajstić information content (AvgIpc) is 3.24. The number of fused-ring (bicyclic) bond motifs is 1. The molecule has 0 spiro atoms. The molecule has 9 nitrogen and oxygen atoms in total. The lowest BCUT2D eigenvalue weighted by Gasteiger charge is -2.40. The molecule has 3 unspecified atom stereocenters. The van der Waals surface area contributed by atoms with E-state index in [0.29, 0.717) is 25.1 Å². The first-order chi connectivity index (χ1) is 23.7. The number of unbranched alkanes of at least 4 members (excludes halogenated alkanes) is 1. The van der Waals surface area contributed by atoms with E-state index < -0.39 is 24.5 Å². The number of rotatable bonds is 12. The number of amides is 2. The van der Waals surface area contributed by atoms with Crippen molar-refractivity contribution in [3.05, 3.63) is 89.5 Å². The molecule has 0 bridgehead atoms. The number of benzene rings is 3. The summed E-state index contributed by atoms with van der Waals surface area (Å²) in [7, 11) is 4.07. The minimum Gasteiger partial charge on any atom is -0.394 e. The smallest absolute Gasteiger partial charge is 0.321 e. The number of ether oxygens (including phenoxy) is 2. The van der Waals surface area contributed by atoms with Gasteiger partial charge in [-0.2, -0.15) is 0 Å². The van der Waals surface area contributed by atoms with Crippen LogP contribution in [0.15, 0.2) is 77.7 Å². The minimum atomic E-state index is -0.606. The van der Waals surface area contributed by atoms with Crippen LogP contribution < -0.4 is 15.5 Å². The molecule has 5 N–H and O–H groups in total. The van der Waals surface area contributed by atoms with Gasteiger partial charge in [-0.25, -0.2) is 4.79 Å². The third-order valence-corrected chi connectivity index (χ3v) is 11.1. The lowest BCUT2D eigenvalue weighted by molar-refractivity contribution is -0.136. The Morgan fingerprint density at radius 3 is 2.53 bits per heavy atom. The van der Waals surface area contributed by atoms with Crippen LogP contribution in [0.2, 0.25) is 0 Å². The van der Waals surface area contributed by atoms with Crippen molar-refractivity contribution in [3.63, 3.8) is 0 Å². The largest absolute Gasteiger partial charge is 0.394 e. The summed E-state index contributed by atoms with van der Waals surface area (Å²) < 4.78 is 18.8. The summed E-state index contributed by atoms with van der Waals surface area (Å²) in [6.45, 7) is 4.71. The van der Waals surface area contributed by atoms with Gasteiger partial charge in [-0.1, -0.05) is 69.2 Å². The van der Waals surface area contributed by atoms with E-state index in [1.54, 1.807) is 0 Å². The average molecular weight is 712 g/mol.